The van der Waals surface area contributed by atoms with E-state index in [0.717, 1.165) is 6.42 Å². The third-order valence-corrected chi connectivity index (χ3v) is 6.23. The maximum Gasteiger partial charge on any atom is 0.253 e. The van der Waals surface area contributed by atoms with E-state index >= 15 is 0 Å². The number of halogens is 1. The number of hydrogen-bond donors (Lipinski definition) is 1. The number of carbonyl (C=O) groups excluding carboxylic acids is 2. The topological polar surface area (TPSA) is 71.5 Å². The molecular weight excluding hydrogens is 402 g/mol. The molecule has 2 atom stereocenters. The van der Waals surface area contributed by atoms with Crippen molar-refractivity contribution in [3.63, 3.8) is 0 Å². The molecule has 6 nitrogen and oxygen atoms in total. The number of rotatable bonds is 5. The van der Waals surface area contributed by atoms with E-state index in [2.05, 4.69) is 10.3 Å². The fourth-order valence-corrected chi connectivity index (χ4v) is 4.42. The van der Waals surface area contributed by atoms with Gasteiger partial charge in [-0.1, -0.05) is 17.7 Å². The Bertz CT molecular complexity index is 884. The lowest BCUT2D eigenvalue weighted by Gasteiger charge is -2.32. The highest BCUT2D eigenvalue weighted by Gasteiger charge is 2.33. The number of likely N-dealkylation sites (tertiary alicyclic amines) is 1. The van der Waals surface area contributed by atoms with Gasteiger partial charge in [0.25, 0.3) is 5.91 Å². The van der Waals surface area contributed by atoms with Gasteiger partial charge in [-0.3, -0.25) is 14.6 Å². The molecule has 0 aliphatic carbocycles. The molecule has 1 aromatic carbocycles. The highest BCUT2D eigenvalue weighted by Crippen LogP contribution is 2.23. The van der Waals surface area contributed by atoms with E-state index in [0.29, 0.717) is 49.7 Å². The third-order valence-electron chi connectivity index (χ3n) is 6.00. The molecule has 1 N–H and O–H groups in total. The van der Waals surface area contributed by atoms with Gasteiger partial charge in [0.1, 0.15) is 0 Å². The van der Waals surface area contributed by atoms with Crippen molar-refractivity contribution in [2.45, 2.75) is 25.3 Å². The minimum absolute atomic E-state index is 0.0248. The van der Waals surface area contributed by atoms with Gasteiger partial charge in [0.15, 0.2) is 0 Å². The highest BCUT2D eigenvalue weighted by atomic mass is 35.5. The molecule has 2 aromatic rings. The Labute approximate surface area is 181 Å². The molecule has 2 fully saturated rings. The van der Waals surface area contributed by atoms with Crippen LogP contribution in [-0.2, 0) is 16.0 Å². The van der Waals surface area contributed by atoms with Crippen molar-refractivity contribution >= 4 is 23.4 Å². The fourth-order valence-electron chi connectivity index (χ4n) is 4.23. The summed E-state index contributed by atoms with van der Waals surface area (Å²) in [4.78, 5) is 31.4. The maximum absolute atomic E-state index is 12.8. The summed E-state index contributed by atoms with van der Waals surface area (Å²) in [6.07, 6.45) is 5.77. The summed E-state index contributed by atoms with van der Waals surface area (Å²) in [7, 11) is 0. The SMILES string of the molecule is O=C(N[C@H]1COC[C@H]1Cc1ccncc1)C1CCN(C(=O)c2cccc(Cl)c2)CC1. The number of carbonyl (C=O) groups is 2. The molecule has 158 valence electrons. The van der Waals surface area contributed by atoms with Crippen molar-refractivity contribution in [3.05, 3.63) is 64.9 Å². The molecule has 2 saturated heterocycles. The van der Waals surface area contributed by atoms with Crippen LogP contribution in [0.25, 0.3) is 0 Å². The molecule has 2 amide bonds. The molecule has 0 saturated carbocycles. The van der Waals surface area contributed by atoms with Gasteiger partial charge >= 0.3 is 0 Å². The molecule has 0 bridgehead atoms. The number of nitrogens with zero attached hydrogens (tertiary/aromatic N) is 2. The molecule has 0 unspecified atom stereocenters. The van der Waals surface area contributed by atoms with E-state index in [1.807, 2.05) is 12.1 Å². The van der Waals surface area contributed by atoms with Crippen molar-refractivity contribution in [2.75, 3.05) is 26.3 Å². The zero-order valence-electron chi connectivity index (χ0n) is 16.8. The van der Waals surface area contributed by atoms with Gasteiger partial charge < -0.3 is 15.0 Å². The van der Waals surface area contributed by atoms with Crippen LogP contribution in [0, 0.1) is 11.8 Å². The zero-order valence-corrected chi connectivity index (χ0v) is 17.6. The molecule has 2 aliphatic heterocycles. The number of amides is 2. The second kappa shape index (κ2) is 9.58. The second-order valence-electron chi connectivity index (χ2n) is 8.05. The number of nitrogens with one attached hydrogen (secondary N) is 1. The van der Waals surface area contributed by atoms with E-state index in [1.165, 1.54) is 5.56 Å². The first-order valence-electron chi connectivity index (χ1n) is 10.4. The Kier molecular flexibility index (Phi) is 6.65. The summed E-state index contributed by atoms with van der Waals surface area (Å²) < 4.78 is 5.64. The summed E-state index contributed by atoms with van der Waals surface area (Å²) in [5, 5.41) is 3.75. The highest BCUT2D eigenvalue weighted by molar-refractivity contribution is 6.30. The van der Waals surface area contributed by atoms with Gasteiger partial charge in [-0.15, -0.1) is 0 Å². The first-order valence-corrected chi connectivity index (χ1v) is 10.8. The Morgan fingerprint density at radius 3 is 2.63 bits per heavy atom. The predicted molar refractivity (Wildman–Crippen MR) is 114 cm³/mol. The Morgan fingerprint density at radius 1 is 1.13 bits per heavy atom. The predicted octanol–water partition coefficient (Wildman–Crippen LogP) is 2.96. The minimum Gasteiger partial charge on any atom is -0.379 e. The van der Waals surface area contributed by atoms with Crippen molar-refractivity contribution in [3.8, 4) is 0 Å². The zero-order chi connectivity index (χ0) is 20.9. The molecule has 30 heavy (non-hydrogen) atoms. The van der Waals surface area contributed by atoms with Crippen LogP contribution in [0.15, 0.2) is 48.8 Å². The van der Waals surface area contributed by atoms with E-state index in [4.69, 9.17) is 16.3 Å². The lowest BCUT2D eigenvalue weighted by molar-refractivity contribution is -0.127. The van der Waals surface area contributed by atoms with E-state index in [-0.39, 0.29) is 29.7 Å². The molecule has 0 spiro atoms. The summed E-state index contributed by atoms with van der Waals surface area (Å²) >= 11 is 6.00. The first kappa shape index (κ1) is 20.8. The van der Waals surface area contributed by atoms with Gasteiger partial charge in [-0.25, -0.2) is 0 Å². The van der Waals surface area contributed by atoms with E-state index in [1.54, 1.807) is 41.6 Å². The van der Waals surface area contributed by atoms with Gasteiger partial charge in [0.2, 0.25) is 5.91 Å². The van der Waals surface area contributed by atoms with Crippen molar-refractivity contribution in [1.82, 2.24) is 15.2 Å². The number of ether oxygens (including phenoxy) is 1. The van der Waals surface area contributed by atoms with Crippen LogP contribution >= 0.6 is 11.6 Å². The summed E-state index contributed by atoms with van der Waals surface area (Å²) in [6.45, 7) is 2.35. The van der Waals surface area contributed by atoms with Gasteiger partial charge in [-0.2, -0.15) is 0 Å². The van der Waals surface area contributed by atoms with Crippen LogP contribution in [0.1, 0.15) is 28.8 Å². The minimum atomic E-state index is -0.0735. The van der Waals surface area contributed by atoms with Crippen LogP contribution in [0.4, 0.5) is 0 Å². The Balaban J connectivity index is 1.28. The third kappa shape index (κ3) is 4.99. The second-order valence-corrected chi connectivity index (χ2v) is 8.49. The quantitative estimate of drug-likeness (QED) is 0.796. The molecule has 0 radical (unpaired) electrons. The lowest BCUT2D eigenvalue weighted by atomic mass is 9.92. The molecule has 7 heteroatoms. The lowest BCUT2D eigenvalue weighted by Crippen LogP contribution is -2.47. The normalized spacial score (nSPS) is 22.1. The van der Waals surface area contributed by atoms with Crippen molar-refractivity contribution < 1.29 is 14.3 Å². The summed E-state index contributed by atoms with van der Waals surface area (Å²) in [5.41, 5.74) is 1.79. The van der Waals surface area contributed by atoms with E-state index in [9.17, 15) is 9.59 Å². The van der Waals surface area contributed by atoms with Gasteiger partial charge in [0.05, 0.1) is 19.3 Å². The molecule has 2 aliphatic rings. The Morgan fingerprint density at radius 2 is 1.90 bits per heavy atom. The fraction of sp³-hybridized carbons (Fsp3) is 0.435. The first-order chi connectivity index (χ1) is 14.6. The number of aromatic nitrogens is 1. The monoisotopic (exact) mass is 427 g/mol. The molecule has 4 rings (SSSR count). The van der Waals surface area contributed by atoms with Gasteiger partial charge in [-0.05, 0) is 55.2 Å². The smallest absolute Gasteiger partial charge is 0.253 e. The largest absolute Gasteiger partial charge is 0.379 e. The van der Waals surface area contributed by atoms with Gasteiger partial charge in [0, 0.05) is 47.9 Å². The van der Waals surface area contributed by atoms with Crippen LogP contribution in [-0.4, -0.2) is 54.0 Å². The molecular formula is C23H26ClN3O3. The Hall–Kier alpha value is -2.44. The van der Waals surface area contributed by atoms with Crippen LogP contribution in [0.2, 0.25) is 5.02 Å². The average Bonchev–Trinajstić information content (AvgIpc) is 3.20. The standard InChI is InChI=1S/C23H26ClN3O3/c24-20-3-1-2-18(13-20)23(29)27-10-6-17(7-11-27)22(28)26-21-15-30-14-19(21)12-16-4-8-25-9-5-16/h1-5,8-9,13,17,19,21H,6-7,10-12,14-15H2,(H,26,28)/t19-,21+/m1/s1. The average molecular weight is 428 g/mol. The molecule has 3 heterocycles. The van der Waals surface area contributed by atoms with Crippen LogP contribution < -0.4 is 5.32 Å². The van der Waals surface area contributed by atoms with Crippen molar-refractivity contribution in [1.29, 1.82) is 0 Å². The number of benzene rings is 1. The maximum atomic E-state index is 12.8. The van der Waals surface area contributed by atoms with Crippen molar-refractivity contribution in [2.24, 2.45) is 11.8 Å². The number of pyridine rings is 1. The number of piperidine rings is 1. The van der Waals surface area contributed by atoms with Crippen LogP contribution in [0.3, 0.4) is 0 Å². The van der Waals surface area contributed by atoms with E-state index < -0.39 is 0 Å². The van der Waals surface area contributed by atoms with Crippen LogP contribution in [0.5, 0.6) is 0 Å². The summed E-state index contributed by atoms with van der Waals surface area (Å²) in [5.74, 6) is 0.231. The molecule has 1 aromatic heterocycles. The summed E-state index contributed by atoms with van der Waals surface area (Å²) in [6, 6.07) is 11.0. The number of hydrogen-bond acceptors (Lipinski definition) is 4.